The first-order valence-corrected chi connectivity index (χ1v) is 8.31. The Morgan fingerprint density at radius 3 is 2.35 bits per heavy atom. The molecule has 0 aromatic heterocycles. The van der Waals surface area contributed by atoms with Gasteiger partial charge in [-0.2, -0.15) is 0 Å². The van der Waals surface area contributed by atoms with E-state index >= 15 is 0 Å². The van der Waals surface area contributed by atoms with E-state index in [1.807, 2.05) is 0 Å². The number of hydrogen-bond acceptors (Lipinski definition) is 2. The van der Waals surface area contributed by atoms with Gasteiger partial charge >= 0.3 is 0 Å². The second kappa shape index (κ2) is 8.43. The Morgan fingerprint density at radius 1 is 1.10 bits per heavy atom. The van der Waals surface area contributed by atoms with Gasteiger partial charge in [-0.15, -0.1) is 0 Å². The Bertz CT molecular complexity index is 351. The van der Waals surface area contributed by atoms with Gasteiger partial charge in [-0.25, -0.2) is 0 Å². The smallest absolute Gasteiger partial charge is 0.0233 e. The summed E-state index contributed by atoms with van der Waals surface area (Å²) in [6, 6.07) is 11.6. The first kappa shape index (κ1) is 15.5. The molecule has 1 saturated heterocycles. The lowest BCUT2D eigenvalue weighted by Gasteiger charge is -2.33. The summed E-state index contributed by atoms with van der Waals surface area (Å²) in [4.78, 5) is 2.59. The molecule has 1 N–H and O–H groups in total. The van der Waals surface area contributed by atoms with E-state index in [9.17, 15) is 0 Å². The van der Waals surface area contributed by atoms with Gasteiger partial charge in [0.2, 0.25) is 0 Å². The maximum Gasteiger partial charge on any atom is 0.0233 e. The average molecular weight is 274 g/mol. The maximum absolute atomic E-state index is 3.78. The Kier molecular flexibility index (Phi) is 6.55. The zero-order valence-corrected chi connectivity index (χ0v) is 13.1. The molecule has 0 aliphatic carbocycles. The van der Waals surface area contributed by atoms with Gasteiger partial charge in [0.25, 0.3) is 0 Å². The van der Waals surface area contributed by atoms with Crippen LogP contribution in [0.5, 0.6) is 0 Å². The molecule has 1 heterocycles. The van der Waals surface area contributed by atoms with Crippen molar-refractivity contribution in [2.45, 2.75) is 52.1 Å². The van der Waals surface area contributed by atoms with E-state index in [1.165, 1.54) is 50.9 Å². The van der Waals surface area contributed by atoms with E-state index in [-0.39, 0.29) is 0 Å². The van der Waals surface area contributed by atoms with Gasteiger partial charge < -0.3 is 5.32 Å². The predicted molar refractivity (Wildman–Crippen MR) is 86.8 cm³/mol. The Hall–Kier alpha value is -0.860. The third-order valence-corrected chi connectivity index (χ3v) is 4.69. The number of likely N-dealkylation sites (tertiary alicyclic amines) is 1. The van der Waals surface area contributed by atoms with Crippen molar-refractivity contribution < 1.29 is 0 Å². The molecule has 0 unspecified atom stereocenters. The quantitative estimate of drug-likeness (QED) is 0.816. The fourth-order valence-electron chi connectivity index (χ4n) is 3.05. The van der Waals surface area contributed by atoms with Crippen LogP contribution in [0.1, 0.15) is 45.1 Å². The fourth-order valence-corrected chi connectivity index (χ4v) is 3.05. The van der Waals surface area contributed by atoms with Gasteiger partial charge in [0.15, 0.2) is 0 Å². The van der Waals surface area contributed by atoms with Crippen LogP contribution in [0.25, 0.3) is 0 Å². The zero-order chi connectivity index (χ0) is 14.2. The normalized spacial score (nSPS) is 17.8. The Labute approximate surface area is 124 Å². The summed E-state index contributed by atoms with van der Waals surface area (Å²) in [5, 5.41) is 3.78. The number of nitrogens with one attached hydrogen (secondary N) is 1. The van der Waals surface area contributed by atoms with E-state index in [0.29, 0.717) is 0 Å². The number of nitrogens with zero attached hydrogens (tertiary/aromatic N) is 1. The van der Waals surface area contributed by atoms with Crippen molar-refractivity contribution in [3.63, 3.8) is 0 Å². The summed E-state index contributed by atoms with van der Waals surface area (Å²) in [6.45, 7) is 9.39. The van der Waals surface area contributed by atoms with Gasteiger partial charge in [-0.3, -0.25) is 4.90 Å². The summed E-state index contributed by atoms with van der Waals surface area (Å²) >= 11 is 0. The molecule has 1 aliphatic rings. The van der Waals surface area contributed by atoms with E-state index < -0.39 is 0 Å². The first-order chi connectivity index (χ1) is 9.81. The van der Waals surface area contributed by atoms with Crippen LogP contribution in [0.4, 0.5) is 0 Å². The lowest BCUT2D eigenvalue weighted by Crippen LogP contribution is -2.43. The Balaban J connectivity index is 1.67. The van der Waals surface area contributed by atoms with Crippen molar-refractivity contribution in [3.8, 4) is 0 Å². The van der Waals surface area contributed by atoms with Gasteiger partial charge in [0.05, 0.1) is 0 Å². The van der Waals surface area contributed by atoms with E-state index in [2.05, 4.69) is 54.4 Å². The largest absolute Gasteiger partial charge is 0.314 e. The van der Waals surface area contributed by atoms with Crippen molar-refractivity contribution in [1.29, 1.82) is 0 Å². The minimum atomic E-state index is 0.739. The lowest BCUT2D eigenvalue weighted by molar-refractivity contribution is 0.187. The Morgan fingerprint density at radius 2 is 1.75 bits per heavy atom. The monoisotopic (exact) mass is 274 g/mol. The van der Waals surface area contributed by atoms with Crippen LogP contribution in [-0.2, 0) is 6.54 Å². The fraction of sp³-hybridized carbons (Fsp3) is 0.667. The number of hydrogen-bond donors (Lipinski definition) is 1. The molecule has 0 spiro atoms. The summed E-state index contributed by atoms with van der Waals surface area (Å²) in [5.41, 5.74) is 1.44. The van der Waals surface area contributed by atoms with Crippen molar-refractivity contribution in [1.82, 2.24) is 10.2 Å². The van der Waals surface area contributed by atoms with Crippen LogP contribution >= 0.6 is 0 Å². The maximum atomic E-state index is 3.78. The van der Waals surface area contributed by atoms with E-state index in [0.717, 1.165) is 18.5 Å². The standard InChI is InChI=1S/C18H30N2/c1-3-16(4-2)14-19-18-10-12-20(13-11-18)15-17-8-6-5-7-9-17/h5-9,16,18-19H,3-4,10-15H2,1-2H3. The van der Waals surface area contributed by atoms with Gasteiger partial charge in [0.1, 0.15) is 0 Å². The van der Waals surface area contributed by atoms with Crippen LogP contribution < -0.4 is 5.32 Å². The molecule has 0 saturated carbocycles. The minimum Gasteiger partial charge on any atom is -0.314 e. The van der Waals surface area contributed by atoms with Crippen molar-refractivity contribution in [2.75, 3.05) is 19.6 Å². The van der Waals surface area contributed by atoms with Crippen molar-refractivity contribution in [3.05, 3.63) is 35.9 Å². The summed E-state index contributed by atoms with van der Waals surface area (Å²) in [6.07, 6.45) is 5.20. The van der Waals surface area contributed by atoms with Crippen LogP contribution in [-0.4, -0.2) is 30.6 Å². The third kappa shape index (κ3) is 4.92. The van der Waals surface area contributed by atoms with Crippen LogP contribution in [0.15, 0.2) is 30.3 Å². The highest BCUT2D eigenvalue weighted by Crippen LogP contribution is 2.15. The van der Waals surface area contributed by atoms with Crippen LogP contribution in [0.2, 0.25) is 0 Å². The molecule has 1 aliphatic heterocycles. The first-order valence-electron chi connectivity index (χ1n) is 8.31. The summed E-state index contributed by atoms with van der Waals surface area (Å²) < 4.78 is 0. The molecular formula is C18H30N2. The predicted octanol–water partition coefficient (Wildman–Crippen LogP) is 3.68. The summed E-state index contributed by atoms with van der Waals surface area (Å²) in [7, 11) is 0. The zero-order valence-electron chi connectivity index (χ0n) is 13.1. The molecule has 0 amide bonds. The summed E-state index contributed by atoms with van der Waals surface area (Å²) in [5.74, 6) is 0.859. The third-order valence-electron chi connectivity index (χ3n) is 4.69. The highest BCUT2D eigenvalue weighted by atomic mass is 15.1. The van der Waals surface area contributed by atoms with Gasteiger partial charge in [-0.1, -0.05) is 57.0 Å². The second-order valence-corrected chi connectivity index (χ2v) is 6.13. The number of benzene rings is 1. The molecule has 1 aromatic carbocycles. The topological polar surface area (TPSA) is 15.3 Å². The molecule has 2 nitrogen and oxygen atoms in total. The van der Waals surface area contributed by atoms with E-state index in [4.69, 9.17) is 0 Å². The molecule has 0 radical (unpaired) electrons. The molecular weight excluding hydrogens is 244 g/mol. The molecule has 0 atom stereocenters. The molecule has 1 aromatic rings. The van der Waals surface area contributed by atoms with Crippen molar-refractivity contribution in [2.24, 2.45) is 5.92 Å². The second-order valence-electron chi connectivity index (χ2n) is 6.13. The molecule has 1 fully saturated rings. The van der Waals surface area contributed by atoms with Crippen LogP contribution in [0, 0.1) is 5.92 Å². The van der Waals surface area contributed by atoms with E-state index in [1.54, 1.807) is 0 Å². The molecule has 20 heavy (non-hydrogen) atoms. The number of piperidine rings is 1. The molecule has 2 heteroatoms. The van der Waals surface area contributed by atoms with Gasteiger partial charge in [-0.05, 0) is 44.0 Å². The van der Waals surface area contributed by atoms with Gasteiger partial charge in [0, 0.05) is 12.6 Å². The molecule has 0 bridgehead atoms. The highest BCUT2D eigenvalue weighted by molar-refractivity contribution is 5.14. The minimum absolute atomic E-state index is 0.739. The SMILES string of the molecule is CCC(CC)CNC1CCN(Cc2ccccc2)CC1. The highest BCUT2D eigenvalue weighted by Gasteiger charge is 2.19. The molecule has 112 valence electrons. The average Bonchev–Trinajstić information content (AvgIpc) is 2.51. The lowest BCUT2D eigenvalue weighted by atomic mass is 10.0. The van der Waals surface area contributed by atoms with Crippen molar-refractivity contribution >= 4 is 0 Å². The number of rotatable bonds is 7. The van der Waals surface area contributed by atoms with Crippen LogP contribution in [0.3, 0.4) is 0 Å². The molecule has 2 rings (SSSR count).